The van der Waals surface area contributed by atoms with Crippen LogP contribution in [-0.4, -0.2) is 33.7 Å². The second kappa shape index (κ2) is 8.13. The van der Waals surface area contributed by atoms with Crippen LogP contribution in [0.1, 0.15) is 29.1 Å². The van der Waals surface area contributed by atoms with E-state index >= 15 is 0 Å². The Hall–Kier alpha value is -3.68. The monoisotopic (exact) mass is 367 g/mol. The number of carbonyl (C=O) groups excluding carboxylic acids is 1. The van der Waals surface area contributed by atoms with Gasteiger partial charge in [-0.3, -0.25) is 9.78 Å². The van der Waals surface area contributed by atoms with Crippen molar-refractivity contribution in [1.82, 2.24) is 15.5 Å². The van der Waals surface area contributed by atoms with E-state index in [2.05, 4.69) is 15.5 Å². The van der Waals surface area contributed by atoms with Crippen LogP contribution < -0.4 is 10.1 Å². The molecule has 3 rings (SSSR count). The summed E-state index contributed by atoms with van der Waals surface area (Å²) in [5, 5.41) is 16.1. The number of pyridine rings is 1. The first-order chi connectivity index (χ1) is 13.1. The topological polar surface area (TPSA) is 115 Å². The number of carboxylic acids is 1. The fraction of sp³-hybridized carbons (Fsp3) is 0.158. The SMILES string of the molecule is C[C@@H](NC(=O)COc1ccccc1)c1onc(-c2cccnc2)c1C(=O)O. The van der Waals surface area contributed by atoms with Crippen LogP contribution in [0, 0.1) is 0 Å². The molecule has 0 unspecified atom stereocenters. The fourth-order valence-corrected chi connectivity index (χ4v) is 2.52. The van der Waals surface area contributed by atoms with Crippen molar-refractivity contribution in [1.29, 1.82) is 0 Å². The molecule has 1 atom stereocenters. The molecular formula is C19H17N3O5. The third-order valence-electron chi connectivity index (χ3n) is 3.75. The van der Waals surface area contributed by atoms with E-state index in [0.29, 0.717) is 11.3 Å². The zero-order chi connectivity index (χ0) is 19.2. The Morgan fingerprint density at radius 2 is 2.00 bits per heavy atom. The second-order valence-electron chi connectivity index (χ2n) is 5.71. The van der Waals surface area contributed by atoms with E-state index in [9.17, 15) is 14.7 Å². The number of carboxylic acid groups (broad SMARTS) is 1. The molecule has 0 radical (unpaired) electrons. The van der Waals surface area contributed by atoms with Crippen molar-refractivity contribution in [2.24, 2.45) is 0 Å². The van der Waals surface area contributed by atoms with E-state index in [1.165, 1.54) is 6.20 Å². The van der Waals surface area contributed by atoms with Gasteiger partial charge in [-0.1, -0.05) is 23.4 Å². The first-order valence-corrected chi connectivity index (χ1v) is 8.16. The molecule has 2 N–H and O–H groups in total. The highest BCUT2D eigenvalue weighted by Gasteiger charge is 2.28. The number of para-hydroxylation sites is 1. The number of benzene rings is 1. The molecular weight excluding hydrogens is 350 g/mol. The van der Waals surface area contributed by atoms with Crippen LogP contribution in [0.25, 0.3) is 11.3 Å². The molecule has 0 saturated carbocycles. The molecule has 0 aliphatic rings. The molecule has 1 amide bonds. The highest BCUT2D eigenvalue weighted by Crippen LogP contribution is 2.28. The third kappa shape index (κ3) is 4.30. The van der Waals surface area contributed by atoms with E-state index in [1.54, 1.807) is 49.5 Å². The maximum Gasteiger partial charge on any atom is 0.341 e. The van der Waals surface area contributed by atoms with Crippen LogP contribution in [0.4, 0.5) is 0 Å². The lowest BCUT2D eigenvalue weighted by molar-refractivity contribution is -0.123. The van der Waals surface area contributed by atoms with Gasteiger partial charge in [-0.15, -0.1) is 0 Å². The van der Waals surface area contributed by atoms with E-state index < -0.39 is 17.9 Å². The molecule has 0 fully saturated rings. The maximum absolute atomic E-state index is 12.1. The number of aromatic nitrogens is 2. The standard InChI is InChI=1S/C19H17N3O5/c1-12(21-15(23)11-26-14-7-3-2-4-8-14)18-16(19(24)25)17(22-27-18)13-6-5-9-20-10-13/h2-10,12H,11H2,1H3,(H,21,23)(H,24,25)/t12-/m1/s1. The zero-order valence-electron chi connectivity index (χ0n) is 14.5. The number of aromatic carboxylic acids is 1. The zero-order valence-corrected chi connectivity index (χ0v) is 14.5. The van der Waals surface area contributed by atoms with Crippen molar-refractivity contribution < 1.29 is 24.0 Å². The summed E-state index contributed by atoms with van der Waals surface area (Å²) in [7, 11) is 0. The van der Waals surface area contributed by atoms with Crippen molar-refractivity contribution in [2.75, 3.05) is 6.61 Å². The smallest absolute Gasteiger partial charge is 0.341 e. The minimum atomic E-state index is -1.20. The third-order valence-corrected chi connectivity index (χ3v) is 3.75. The van der Waals surface area contributed by atoms with E-state index in [4.69, 9.17) is 9.26 Å². The molecule has 0 aliphatic heterocycles. The number of hydrogen-bond donors (Lipinski definition) is 2. The molecule has 1 aromatic carbocycles. The van der Waals surface area contributed by atoms with Gasteiger partial charge in [-0.2, -0.15) is 0 Å². The molecule has 0 aliphatic carbocycles. The van der Waals surface area contributed by atoms with Crippen molar-refractivity contribution in [3.63, 3.8) is 0 Å². The Kier molecular flexibility index (Phi) is 5.46. The van der Waals surface area contributed by atoms with Gasteiger partial charge < -0.3 is 19.7 Å². The second-order valence-corrected chi connectivity index (χ2v) is 5.71. The van der Waals surface area contributed by atoms with Gasteiger partial charge in [0.05, 0.1) is 6.04 Å². The molecule has 2 heterocycles. The Balaban J connectivity index is 1.73. The van der Waals surface area contributed by atoms with Crippen LogP contribution in [0.5, 0.6) is 5.75 Å². The fourth-order valence-electron chi connectivity index (χ4n) is 2.52. The van der Waals surface area contributed by atoms with Crippen LogP contribution in [0.3, 0.4) is 0 Å². The predicted molar refractivity (Wildman–Crippen MR) is 95.2 cm³/mol. The molecule has 3 aromatic rings. The Morgan fingerprint density at radius 3 is 2.67 bits per heavy atom. The van der Waals surface area contributed by atoms with Gasteiger partial charge in [-0.05, 0) is 31.2 Å². The lowest BCUT2D eigenvalue weighted by atomic mass is 10.0. The number of ether oxygens (including phenoxy) is 1. The quantitative estimate of drug-likeness (QED) is 0.660. The predicted octanol–water partition coefficient (Wildman–Crippen LogP) is 2.69. The average Bonchev–Trinajstić information content (AvgIpc) is 3.13. The van der Waals surface area contributed by atoms with Crippen molar-refractivity contribution in [3.8, 4) is 17.0 Å². The summed E-state index contributed by atoms with van der Waals surface area (Å²) in [6.45, 7) is 1.40. The lowest BCUT2D eigenvalue weighted by Gasteiger charge is -2.12. The molecule has 2 aromatic heterocycles. The van der Waals surface area contributed by atoms with Gasteiger partial charge in [0.25, 0.3) is 5.91 Å². The van der Waals surface area contributed by atoms with Crippen molar-refractivity contribution >= 4 is 11.9 Å². The van der Waals surface area contributed by atoms with Gasteiger partial charge in [-0.25, -0.2) is 4.79 Å². The summed E-state index contributed by atoms with van der Waals surface area (Å²) in [6.07, 6.45) is 3.06. The van der Waals surface area contributed by atoms with Gasteiger partial charge in [0.15, 0.2) is 12.4 Å². The summed E-state index contributed by atoms with van der Waals surface area (Å²) < 4.78 is 10.6. The molecule has 0 bridgehead atoms. The number of rotatable bonds is 7. The van der Waals surface area contributed by atoms with Gasteiger partial charge in [0, 0.05) is 18.0 Å². The van der Waals surface area contributed by atoms with Gasteiger partial charge >= 0.3 is 5.97 Å². The average molecular weight is 367 g/mol. The maximum atomic E-state index is 12.1. The summed E-state index contributed by atoms with van der Waals surface area (Å²) in [6, 6.07) is 11.5. The molecule has 0 spiro atoms. The summed E-state index contributed by atoms with van der Waals surface area (Å²) in [5.74, 6) is -1.01. The molecule has 138 valence electrons. The highest BCUT2D eigenvalue weighted by molar-refractivity contribution is 5.96. The molecule has 8 nitrogen and oxygen atoms in total. The van der Waals surface area contributed by atoms with E-state index in [-0.39, 0.29) is 23.6 Å². The largest absolute Gasteiger partial charge is 0.484 e. The lowest BCUT2D eigenvalue weighted by Crippen LogP contribution is -2.31. The number of nitrogens with one attached hydrogen (secondary N) is 1. The van der Waals surface area contributed by atoms with Crippen molar-refractivity contribution in [3.05, 3.63) is 66.2 Å². The Morgan fingerprint density at radius 1 is 1.22 bits per heavy atom. The van der Waals surface area contributed by atoms with E-state index in [0.717, 1.165) is 0 Å². The van der Waals surface area contributed by atoms with Crippen LogP contribution in [0.15, 0.2) is 59.4 Å². The van der Waals surface area contributed by atoms with Crippen LogP contribution in [-0.2, 0) is 4.79 Å². The highest BCUT2D eigenvalue weighted by atomic mass is 16.5. The molecule has 8 heteroatoms. The number of nitrogens with zero attached hydrogens (tertiary/aromatic N) is 2. The van der Waals surface area contributed by atoms with Crippen LogP contribution >= 0.6 is 0 Å². The number of hydrogen-bond acceptors (Lipinski definition) is 6. The first kappa shape index (κ1) is 18.1. The minimum Gasteiger partial charge on any atom is -0.484 e. The summed E-state index contributed by atoms with van der Waals surface area (Å²) in [5.41, 5.74) is 0.558. The molecule has 0 saturated heterocycles. The first-order valence-electron chi connectivity index (χ1n) is 8.16. The van der Waals surface area contributed by atoms with Crippen molar-refractivity contribution in [2.45, 2.75) is 13.0 Å². The molecule has 27 heavy (non-hydrogen) atoms. The van der Waals surface area contributed by atoms with Crippen LogP contribution in [0.2, 0.25) is 0 Å². The minimum absolute atomic E-state index is 0.0504. The summed E-state index contributed by atoms with van der Waals surface area (Å²) >= 11 is 0. The van der Waals surface area contributed by atoms with E-state index in [1.807, 2.05) is 6.07 Å². The Bertz CT molecular complexity index is 925. The van der Waals surface area contributed by atoms with Gasteiger partial charge in [0.1, 0.15) is 17.0 Å². The Labute approximate surface area is 154 Å². The number of amides is 1. The van der Waals surface area contributed by atoms with Gasteiger partial charge in [0.2, 0.25) is 0 Å². The summed E-state index contributed by atoms with van der Waals surface area (Å²) in [4.78, 5) is 27.8. The normalized spacial score (nSPS) is 11.6. The number of carbonyl (C=O) groups is 2.